The maximum atomic E-state index is 12.4. The Labute approximate surface area is 154 Å². The second-order valence-electron chi connectivity index (χ2n) is 5.86. The van der Waals surface area contributed by atoms with E-state index >= 15 is 0 Å². The predicted molar refractivity (Wildman–Crippen MR) is 98.6 cm³/mol. The lowest BCUT2D eigenvalue weighted by atomic mass is 10.1. The van der Waals surface area contributed by atoms with E-state index in [0.29, 0.717) is 23.4 Å². The van der Waals surface area contributed by atoms with Crippen LogP contribution in [-0.4, -0.2) is 43.8 Å². The molecule has 0 unspecified atom stereocenters. The summed E-state index contributed by atoms with van der Waals surface area (Å²) in [6.07, 6.45) is 0. The number of hydrogen-bond acceptors (Lipinski definition) is 5. The number of benzene rings is 2. The lowest BCUT2D eigenvalue weighted by Gasteiger charge is -2.13. The van der Waals surface area contributed by atoms with Gasteiger partial charge in [0.25, 0.3) is 11.8 Å². The van der Waals surface area contributed by atoms with E-state index in [4.69, 9.17) is 0 Å². The van der Waals surface area contributed by atoms with Crippen LogP contribution in [-0.2, 0) is 0 Å². The summed E-state index contributed by atoms with van der Waals surface area (Å²) < 4.78 is 1.97. The highest BCUT2D eigenvalue weighted by Crippen LogP contribution is 2.25. The molecule has 0 spiro atoms. The van der Waals surface area contributed by atoms with Gasteiger partial charge in [-0.25, -0.2) is 0 Å². The van der Waals surface area contributed by atoms with Crippen LogP contribution in [0, 0.1) is 6.92 Å². The highest BCUT2D eigenvalue weighted by Gasteiger charge is 2.34. The summed E-state index contributed by atoms with van der Waals surface area (Å²) in [5.74, 6) is 0.884. The zero-order chi connectivity index (χ0) is 18.1. The number of carbonyl (C=O) groups is 2. The largest absolute Gasteiger partial charge is 0.274 e. The minimum atomic E-state index is -0.230. The van der Waals surface area contributed by atoms with Crippen LogP contribution in [0.3, 0.4) is 0 Å². The quantitative estimate of drug-likeness (QED) is 0.514. The van der Waals surface area contributed by atoms with Gasteiger partial charge in [-0.1, -0.05) is 42.1 Å². The smallest absolute Gasteiger partial charge is 0.261 e. The molecule has 6 nitrogen and oxygen atoms in total. The van der Waals surface area contributed by atoms with Crippen molar-refractivity contribution in [1.29, 1.82) is 0 Å². The summed E-state index contributed by atoms with van der Waals surface area (Å²) in [6, 6.07) is 16.8. The molecule has 0 N–H and O–H groups in total. The molecule has 0 fully saturated rings. The highest BCUT2D eigenvalue weighted by molar-refractivity contribution is 7.99. The lowest BCUT2D eigenvalue weighted by molar-refractivity contribution is 0.0664. The Morgan fingerprint density at radius 1 is 0.885 bits per heavy atom. The SMILES string of the molecule is Cc1nnc(SCCN2C(=O)c3ccccc3C2=O)n1-c1ccccc1. The molecule has 0 saturated heterocycles. The van der Waals surface area contributed by atoms with Gasteiger partial charge in [0.1, 0.15) is 5.82 Å². The Balaban J connectivity index is 1.47. The summed E-state index contributed by atoms with van der Waals surface area (Å²) in [5, 5.41) is 9.11. The number of carbonyl (C=O) groups excluding carboxylic acids is 2. The molecular weight excluding hydrogens is 348 g/mol. The second kappa shape index (κ2) is 6.76. The number of amides is 2. The standard InChI is InChI=1S/C19H16N4O2S/c1-13-20-21-19(23(13)14-7-3-2-4-8-14)26-12-11-22-17(24)15-9-5-6-10-16(15)18(22)25/h2-10H,11-12H2,1H3. The van der Waals surface area contributed by atoms with Gasteiger partial charge in [0, 0.05) is 18.0 Å². The molecule has 1 aliphatic rings. The minimum Gasteiger partial charge on any atom is -0.274 e. The van der Waals surface area contributed by atoms with Gasteiger partial charge in [-0.05, 0) is 31.2 Å². The van der Waals surface area contributed by atoms with E-state index in [2.05, 4.69) is 10.2 Å². The van der Waals surface area contributed by atoms with Crippen molar-refractivity contribution in [3.8, 4) is 5.69 Å². The van der Waals surface area contributed by atoms with Crippen LogP contribution in [0.2, 0.25) is 0 Å². The van der Waals surface area contributed by atoms with Gasteiger partial charge in [0.05, 0.1) is 11.1 Å². The molecule has 3 aromatic rings. The van der Waals surface area contributed by atoms with Crippen molar-refractivity contribution >= 4 is 23.6 Å². The maximum absolute atomic E-state index is 12.4. The Morgan fingerprint density at radius 2 is 1.50 bits per heavy atom. The van der Waals surface area contributed by atoms with Crippen molar-refractivity contribution in [1.82, 2.24) is 19.7 Å². The van der Waals surface area contributed by atoms with Gasteiger partial charge >= 0.3 is 0 Å². The van der Waals surface area contributed by atoms with Crippen LogP contribution < -0.4 is 0 Å². The normalized spacial score (nSPS) is 13.3. The van der Waals surface area contributed by atoms with E-state index in [9.17, 15) is 9.59 Å². The number of nitrogens with zero attached hydrogens (tertiary/aromatic N) is 4. The molecule has 0 aliphatic carbocycles. The average Bonchev–Trinajstić information content (AvgIpc) is 3.15. The van der Waals surface area contributed by atoms with Crippen LogP contribution in [0.4, 0.5) is 0 Å². The number of rotatable bonds is 5. The topological polar surface area (TPSA) is 68.1 Å². The zero-order valence-electron chi connectivity index (χ0n) is 14.1. The molecule has 2 aromatic carbocycles. The summed E-state index contributed by atoms with van der Waals surface area (Å²) >= 11 is 1.48. The Hall–Kier alpha value is -2.93. The molecule has 1 aromatic heterocycles. The molecule has 0 saturated carbocycles. The number of thioether (sulfide) groups is 1. The van der Waals surface area contributed by atoms with Crippen molar-refractivity contribution in [2.24, 2.45) is 0 Å². The number of aromatic nitrogens is 3. The highest BCUT2D eigenvalue weighted by atomic mass is 32.2. The fraction of sp³-hybridized carbons (Fsp3) is 0.158. The van der Waals surface area contributed by atoms with Crippen LogP contribution >= 0.6 is 11.8 Å². The van der Waals surface area contributed by atoms with Gasteiger partial charge < -0.3 is 0 Å². The van der Waals surface area contributed by atoms with E-state index in [1.807, 2.05) is 41.8 Å². The monoisotopic (exact) mass is 364 g/mol. The van der Waals surface area contributed by atoms with E-state index in [1.54, 1.807) is 24.3 Å². The predicted octanol–water partition coefficient (Wildman–Crippen LogP) is 2.96. The lowest BCUT2D eigenvalue weighted by Crippen LogP contribution is -2.31. The zero-order valence-corrected chi connectivity index (χ0v) is 14.9. The molecular formula is C19H16N4O2S. The molecule has 0 radical (unpaired) electrons. The van der Waals surface area contributed by atoms with Crippen molar-refractivity contribution in [2.45, 2.75) is 12.1 Å². The fourth-order valence-electron chi connectivity index (χ4n) is 2.98. The molecule has 0 bridgehead atoms. The number of para-hydroxylation sites is 1. The molecule has 7 heteroatoms. The minimum absolute atomic E-state index is 0.230. The first kappa shape index (κ1) is 16.5. The van der Waals surface area contributed by atoms with Crippen molar-refractivity contribution in [2.75, 3.05) is 12.3 Å². The van der Waals surface area contributed by atoms with E-state index in [-0.39, 0.29) is 11.8 Å². The van der Waals surface area contributed by atoms with Crippen LogP contribution in [0.25, 0.3) is 5.69 Å². The van der Waals surface area contributed by atoms with Crippen molar-refractivity contribution < 1.29 is 9.59 Å². The number of aryl methyl sites for hydroxylation is 1. The molecule has 1 aliphatic heterocycles. The van der Waals surface area contributed by atoms with Gasteiger partial charge in [-0.3, -0.25) is 19.1 Å². The van der Waals surface area contributed by atoms with Crippen molar-refractivity contribution in [3.05, 3.63) is 71.5 Å². The molecule has 26 heavy (non-hydrogen) atoms. The van der Waals surface area contributed by atoms with Gasteiger partial charge in [0.15, 0.2) is 5.16 Å². The van der Waals surface area contributed by atoms with Crippen LogP contribution in [0.5, 0.6) is 0 Å². The summed E-state index contributed by atoms with van der Waals surface area (Å²) in [4.78, 5) is 26.1. The summed E-state index contributed by atoms with van der Waals surface area (Å²) in [5.41, 5.74) is 1.94. The third-order valence-corrected chi connectivity index (χ3v) is 5.14. The van der Waals surface area contributed by atoms with Gasteiger partial charge in [0.2, 0.25) is 0 Å². The Bertz CT molecular complexity index is 949. The maximum Gasteiger partial charge on any atom is 0.261 e. The first-order valence-electron chi connectivity index (χ1n) is 8.22. The van der Waals surface area contributed by atoms with E-state index in [1.165, 1.54) is 16.7 Å². The van der Waals surface area contributed by atoms with E-state index in [0.717, 1.165) is 16.7 Å². The molecule has 0 atom stereocenters. The second-order valence-corrected chi connectivity index (χ2v) is 6.92. The van der Waals surface area contributed by atoms with E-state index < -0.39 is 0 Å². The first-order valence-corrected chi connectivity index (χ1v) is 9.21. The number of imide groups is 1. The first-order chi connectivity index (χ1) is 12.7. The van der Waals surface area contributed by atoms with Gasteiger partial charge in [-0.2, -0.15) is 0 Å². The third kappa shape index (κ3) is 2.80. The summed E-state index contributed by atoms with van der Waals surface area (Å²) in [6.45, 7) is 2.23. The summed E-state index contributed by atoms with van der Waals surface area (Å²) in [7, 11) is 0. The molecule has 2 heterocycles. The number of fused-ring (bicyclic) bond motifs is 1. The molecule has 4 rings (SSSR count). The van der Waals surface area contributed by atoms with Crippen LogP contribution in [0.15, 0.2) is 59.8 Å². The Morgan fingerprint density at radius 3 is 2.15 bits per heavy atom. The molecule has 2 amide bonds. The average molecular weight is 364 g/mol. The van der Waals surface area contributed by atoms with Gasteiger partial charge in [-0.15, -0.1) is 10.2 Å². The number of hydrogen-bond donors (Lipinski definition) is 0. The Kier molecular flexibility index (Phi) is 4.30. The third-order valence-electron chi connectivity index (χ3n) is 4.23. The van der Waals surface area contributed by atoms with Crippen molar-refractivity contribution in [3.63, 3.8) is 0 Å². The molecule has 130 valence electrons. The fourth-order valence-corrected chi connectivity index (χ4v) is 3.90. The van der Waals surface area contributed by atoms with Crippen LogP contribution in [0.1, 0.15) is 26.5 Å².